The molecular weight excluding hydrogens is 550 g/mol. The van der Waals surface area contributed by atoms with E-state index in [1.54, 1.807) is 0 Å². The summed E-state index contributed by atoms with van der Waals surface area (Å²) in [6.45, 7) is 0. The van der Waals surface area contributed by atoms with Crippen LogP contribution in [0.15, 0.2) is 156 Å². The second-order valence-corrected chi connectivity index (χ2v) is 11.7. The molecular formula is C41H25N3O. The summed E-state index contributed by atoms with van der Waals surface area (Å²) >= 11 is 0. The van der Waals surface area contributed by atoms with Crippen LogP contribution < -0.4 is 0 Å². The summed E-state index contributed by atoms with van der Waals surface area (Å²) < 4.78 is 10.8. The van der Waals surface area contributed by atoms with Crippen molar-refractivity contribution in [2.45, 2.75) is 0 Å². The van der Waals surface area contributed by atoms with Crippen molar-refractivity contribution in [2.24, 2.45) is 0 Å². The van der Waals surface area contributed by atoms with Crippen LogP contribution in [0.4, 0.5) is 0 Å². The zero-order chi connectivity index (χ0) is 29.5. The molecule has 0 saturated heterocycles. The smallest absolute Gasteiger partial charge is 0.135 e. The number of rotatable bonds is 3. The van der Waals surface area contributed by atoms with Crippen molar-refractivity contribution in [3.05, 3.63) is 152 Å². The number of pyridine rings is 1. The highest BCUT2D eigenvalue weighted by Gasteiger charge is 2.16. The molecule has 0 aliphatic rings. The Morgan fingerprint density at radius 3 is 1.80 bits per heavy atom. The molecule has 0 bridgehead atoms. The van der Waals surface area contributed by atoms with E-state index in [0.29, 0.717) is 0 Å². The van der Waals surface area contributed by atoms with Crippen molar-refractivity contribution in [3.8, 4) is 22.5 Å². The Hall–Kier alpha value is -6.13. The highest BCUT2D eigenvalue weighted by atomic mass is 16.3. The predicted molar refractivity (Wildman–Crippen MR) is 186 cm³/mol. The van der Waals surface area contributed by atoms with Gasteiger partial charge in [0.1, 0.15) is 11.2 Å². The van der Waals surface area contributed by atoms with E-state index < -0.39 is 0 Å². The van der Waals surface area contributed by atoms with Crippen LogP contribution in [0.5, 0.6) is 0 Å². The van der Waals surface area contributed by atoms with Crippen LogP contribution in [-0.4, -0.2) is 14.1 Å². The van der Waals surface area contributed by atoms with Gasteiger partial charge in [-0.05, 0) is 77.9 Å². The summed E-state index contributed by atoms with van der Waals surface area (Å²) in [6, 6.07) is 49.7. The first-order valence-corrected chi connectivity index (χ1v) is 15.2. The van der Waals surface area contributed by atoms with E-state index in [-0.39, 0.29) is 0 Å². The van der Waals surface area contributed by atoms with Crippen molar-refractivity contribution in [1.29, 1.82) is 0 Å². The average Bonchev–Trinajstić information content (AvgIpc) is 3.75. The second-order valence-electron chi connectivity index (χ2n) is 11.7. The molecule has 0 N–H and O–H groups in total. The van der Waals surface area contributed by atoms with E-state index in [2.05, 4.69) is 142 Å². The summed E-state index contributed by atoms with van der Waals surface area (Å²) in [5.74, 6) is 0. The molecule has 0 spiro atoms. The Labute approximate surface area is 258 Å². The Kier molecular flexibility index (Phi) is 4.96. The standard InChI is InChI=1S/C41H25N3O/c1-4-10-36-30(7-1)31-8-2-5-11-37(31)44(36)29-18-19-38-33(24-29)35-25-42-22-21-39(35)43(38)28-16-13-26(14-17-28)27-15-20-41-34(23-27)32-9-3-6-12-40(32)45-41/h1-25H. The number of aromatic nitrogens is 3. The molecule has 4 nitrogen and oxygen atoms in total. The van der Waals surface area contributed by atoms with Gasteiger partial charge in [-0.2, -0.15) is 0 Å². The molecule has 4 heteroatoms. The molecule has 4 heterocycles. The normalized spacial score (nSPS) is 12.0. The van der Waals surface area contributed by atoms with Gasteiger partial charge in [0.05, 0.1) is 22.1 Å². The van der Waals surface area contributed by atoms with Crippen LogP contribution in [-0.2, 0) is 0 Å². The Morgan fingerprint density at radius 1 is 0.400 bits per heavy atom. The molecule has 0 radical (unpaired) electrons. The number of para-hydroxylation sites is 3. The number of hydrogen-bond donors (Lipinski definition) is 0. The third-order valence-corrected chi connectivity index (χ3v) is 9.22. The fraction of sp³-hybridized carbons (Fsp3) is 0. The maximum Gasteiger partial charge on any atom is 0.135 e. The summed E-state index contributed by atoms with van der Waals surface area (Å²) in [7, 11) is 0. The summed E-state index contributed by atoms with van der Waals surface area (Å²) in [5, 5.41) is 7.12. The van der Waals surface area contributed by atoms with E-state index >= 15 is 0 Å². The topological polar surface area (TPSA) is 35.9 Å². The van der Waals surface area contributed by atoms with Gasteiger partial charge in [0, 0.05) is 56.1 Å². The van der Waals surface area contributed by atoms with Crippen LogP contribution >= 0.6 is 0 Å². The third kappa shape index (κ3) is 3.51. The average molecular weight is 576 g/mol. The van der Waals surface area contributed by atoms with Crippen molar-refractivity contribution in [2.75, 3.05) is 0 Å². The van der Waals surface area contributed by atoms with E-state index in [0.717, 1.165) is 49.7 Å². The Balaban J connectivity index is 1.13. The molecule has 0 unspecified atom stereocenters. The minimum atomic E-state index is 0.913. The molecule has 6 aromatic carbocycles. The van der Waals surface area contributed by atoms with E-state index in [9.17, 15) is 0 Å². The lowest BCUT2D eigenvalue weighted by atomic mass is 10.0. The van der Waals surface area contributed by atoms with Gasteiger partial charge in [-0.15, -0.1) is 0 Å². The number of hydrogen-bond acceptors (Lipinski definition) is 2. The highest BCUT2D eigenvalue weighted by molar-refractivity contribution is 6.12. The number of nitrogens with zero attached hydrogens (tertiary/aromatic N) is 3. The molecule has 0 amide bonds. The first-order valence-electron chi connectivity index (χ1n) is 15.2. The summed E-state index contributed by atoms with van der Waals surface area (Å²) in [6.07, 6.45) is 3.87. The summed E-state index contributed by atoms with van der Waals surface area (Å²) in [5.41, 5.74) is 11.1. The molecule has 4 aromatic heterocycles. The van der Waals surface area contributed by atoms with E-state index in [1.807, 2.05) is 24.5 Å². The molecule has 0 fully saturated rings. The second kappa shape index (κ2) is 9.18. The first-order chi connectivity index (χ1) is 22.3. The van der Waals surface area contributed by atoms with E-state index in [4.69, 9.17) is 4.42 Å². The van der Waals surface area contributed by atoms with E-state index in [1.165, 1.54) is 38.3 Å². The predicted octanol–water partition coefficient (Wildman–Crippen LogP) is 10.8. The minimum absolute atomic E-state index is 0.913. The Bertz CT molecular complexity index is 2710. The van der Waals surface area contributed by atoms with Gasteiger partial charge in [0.15, 0.2) is 0 Å². The lowest BCUT2D eigenvalue weighted by molar-refractivity contribution is 0.669. The fourth-order valence-electron chi connectivity index (χ4n) is 7.18. The van der Waals surface area contributed by atoms with Crippen molar-refractivity contribution >= 4 is 65.6 Å². The molecule has 0 atom stereocenters. The molecule has 0 saturated carbocycles. The third-order valence-electron chi connectivity index (χ3n) is 9.22. The van der Waals surface area contributed by atoms with Gasteiger partial charge in [-0.1, -0.05) is 72.8 Å². The number of furan rings is 1. The highest BCUT2D eigenvalue weighted by Crippen LogP contribution is 2.37. The lowest BCUT2D eigenvalue weighted by Crippen LogP contribution is -1.96. The van der Waals surface area contributed by atoms with Crippen molar-refractivity contribution in [1.82, 2.24) is 14.1 Å². The van der Waals surface area contributed by atoms with Crippen LogP contribution in [0.1, 0.15) is 0 Å². The monoisotopic (exact) mass is 575 g/mol. The van der Waals surface area contributed by atoms with Gasteiger partial charge in [0.25, 0.3) is 0 Å². The van der Waals surface area contributed by atoms with Crippen molar-refractivity contribution in [3.63, 3.8) is 0 Å². The largest absolute Gasteiger partial charge is 0.456 e. The van der Waals surface area contributed by atoms with Gasteiger partial charge >= 0.3 is 0 Å². The SMILES string of the molecule is c1ccc2c(c1)oc1ccc(-c3ccc(-n4c5ccncc5c5cc(-n6c7ccccc7c7ccccc76)ccc54)cc3)cc12. The lowest BCUT2D eigenvalue weighted by Gasteiger charge is -2.11. The molecule has 10 aromatic rings. The summed E-state index contributed by atoms with van der Waals surface area (Å²) in [4.78, 5) is 4.53. The molecule has 210 valence electrons. The zero-order valence-electron chi connectivity index (χ0n) is 24.2. The van der Waals surface area contributed by atoms with Crippen LogP contribution in [0, 0.1) is 0 Å². The molecule has 10 rings (SSSR count). The van der Waals surface area contributed by atoms with Gasteiger partial charge < -0.3 is 13.6 Å². The van der Waals surface area contributed by atoms with Gasteiger partial charge in [-0.3, -0.25) is 4.98 Å². The van der Waals surface area contributed by atoms with Gasteiger partial charge in [0.2, 0.25) is 0 Å². The maximum absolute atomic E-state index is 6.06. The fourth-order valence-corrected chi connectivity index (χ4v) is 7.18. The first kappa shape index (κ1) is 24.3. The quantitative estimate of drug-likeness (QED) is 0.210. The molecule has 45 heavy (non-hydrogen) atoms. The van der Waals surface area contributed by atoms with Crippen molar-refractivity contribution < 1.29 is 4.42 Å². The van der Waals surface area contributed by atoms with Crippen LogP contribution in [0.3, 0.4) is 0 Å². The minimum Gasteiger partial charge on any atom is -0.456 e. The van der Waals surface area contributed by atoms with Gasteiger partial charge in [-0.25, -0.2) is 0 Å². The number of fused-ring (bicyclic) bond motifs is 9. The molecule has 0 aliphatic heterocycles. The zero-order valence-corrected chi connectivity index (χ0v) is 24.2. The van der Waals surface area contributed by atoms with Crippen LogP contribution in [0.25, 0.3) is 88.1 Å². The maximum atomic E-state index is 6.06. The molecule has 0 aliphatic carbocycles. The Morgan fingerprint density at radius 2 is 1.00 bits per heavy atom. The van der Waals surface area contributed by atoms with Crippen LogP contribution in [0.2, 0.25) is 0 Å². The number of benzene rings is 6.